The largest absolute Gasteiger partial charge is 0.484 e. The fraction of sp³-hybridized carbons (Fsp3) is 0.478. The fourth-order valence-corrected chi connectivity index (χ4v) is 4.78. The van der Waals surface area contributed by atoms with Crippen LogP contribution in [0.4, 0.5) is 0 Å². The zero-order valence-corrected chi connectivity index (χ0v) is 17.7. The molecule has 2 atom stereocenters. The van der Waals surface area contributed by atoms with Gasteiger partial charge in [0.2, 0.25) is 0 Å². The van der Waals surface area contributed by atoms with Gasteiger partial charge in [-0.1, -0.05) is 18.2 Å². The molecule has 1 saturated heterocycles. The number of aromatic nitrogens is 1. The van der Waals surface area contributed by atoms with Gasteiger partial charge in [0, 0.05) is 49.9 Å². The lowest BCUT2D eigenvalue weighted by Crippen LogP contribution is -2.47. The Morgan fingerprint density at radius 2 is 1.90 bits per heavy atom. The van der Waals surface area contributed by atoms with Gasteiger partial charge in [0.1, 0.15) is 5.75 Å². The first-order chi connectivity index (χ1) is 14.4. The number of amides is 1. The van der Waals surface area contributed by atoms with Crippen LogP contribution in [0.25, 0.3) is 0 Å². The second-order valence-corrected chi connectivity index (χ2v) is 8.83. The SMILES string of the molecule is CN(C)Cc1ccc2n(c1=O)C[C@H]1C[C@@H]2CN(Cc2ccc(OCC(N)=O)cc2)C1. The molecule has 2 bridgehead atoms. The number of hydrogen-bond acceptors (Lipinski definition) is 5. The summed E-state index contributed by atoms with van der Waals surface area (Å²) in [5.41, 5.74) is 8.56. The van der Waals surface area contributed by atoms with Crippen LogP contribution in [0.2, 0.25) is 0 Å². The summed E-state index contributed by atoms with van der Waals surface area (Å²) in [7, 11) is 3.99. The number of nitrogens with two attached hydrogens (primary N) is 1. The summed E-state index contributed by atoms with van der Waals surface area (Å²) in [5, 5.41) is 0. The number of benzene rings is 1. The molecule has 0 saturated carbocycles. The molecule has 1 fully saturated rings. The van der Waals surface area contributed by atoms with Crippen molar-refractivity contribution in [2.45, 2.75) is 32.0 Å². The quantitative estimate of drug-likeness (QED) is 0.746. The molecule has 30 heavy (non-hydrogen) atoms. The number of fused-ring (bicyclic) bond motifs is 4. The summed E-state index contributed by atoms with van der Waals surface area (Å²) in [5.74, 6) is 1.07. The van der Waals surface area contributed by atoms with E-state index in [1.54, 1.807) is 0 Å². The highest BCUT2D eigenvalue weighted by atomic mass is 16.5. The maximum Gasteiger partial charge on any atom is 0.255 e. The number of primary amides is 1. The van der Waals surface area contributed by atoms with Gasteiger partial charge in [0.25, 0.3) is 11.5 Å². The van der Waals surface area contributed by atoms with Gasteiger partial charge in [-0.3, -0.25) is 14.5 Å². The minimum atomic E-state index is -0.479. The van der Waals surface area contributed by atoms with E-state index in [4.69, 9.17) is 10.5 Å². The molecule has 3 heterocycles. The third kappa shape index (κ3) is 4.57. The number of hydrogen-bond donors (Lipinski definition) is 1. The Kier molecular flexibility index (Phi) is 5.92. The molecular weight excluding hydrogens is 380 g/mol. The van der Waals surface area contributed by atoms with Gasteiger partial charge in [-0.2, -0.15) is 0 Å². The lowest BCUT2D eigenvalue weighted by molar-refractivity contribution is -0.119. The summed E-state index contributed by atoms with van der Waals surface area (Å²) in [4.78, 5) is 28.3. The van der Waals surface area contributed by atoms with E-state index in [2.05, 4.69) is 11.0 Å². The third-order valence-corrected chi connectivity index (χ3v) is 5.96. The van der Waals surface area contributed by atoms with Crippen LogP contribution in [0.1, 0.15) is 29.2 Å². The first-order valence-corrected chi connectivity index (χ1v) is 10.5. The summed E-state index contributed by atoms with van der Waals surface area (Å²) < 4.78 is 7.36. The van der Waals surface area contributed by atoms with Crippen LogP contribution in [0.5, 0.6) is 5.75 Å². The van der Waals surface area contributed by atoms with Crippen LogP contribution in [-0.2, 0) is 24.4 Å². The summed E-state index contributed by atoms with van der Waals surface area (Å²) in [6, 6.07) is 12.0. The number of nitrogens with zero attached hydrogens (tertiary/aromatic N) is 3. The molecule has 1 aromatic carbocycles. The van der Waals surface area contributed by atoms with E-state index in [0.717, 1.165) is 38.2 Å². The van der Waals surface area contributed by atoms with Crippen LogP contribution in [0.3, 0.4) is 0 Å². The van der Waals surface area contributed by atoms with Gasteiger partial charge >= 0.3 is 0 Å². The normalized spacial score (nSPS) is 20.8. The molecule has 0 radical (unpaired) electrons. The smallest absolute Gasteiger partial charge is 0.255 e. The maximum absolute atomic E-state index is 13.0. The van der Waals surface area contributed by atoms with Crippen LogP contribution in [-0.4, -0.2) is 54.1 Å². The van der Waals surface area contributed by atoms with Crippen molar-refractivity contribution in [2.24, 2.45) is 11.7 Å². The zero-order chi connectivity index (χ0) is 21.3. The zero-order valence-electron chi connectivity index (χ0n) is 17.7. The molecule has 2 aliphatic rings. The maximum atomic E-state index is 13.0. The summed E-state index contributed by atoms with van der Waals surface area (Å²) in [6.45, 7) is 4.21. The van der Waals surface area contributed by atoms with E-state index in [9.17, 15) is 9.59 Å². The molecule has 4 rings (SSSR count). The van der Waals surface area contributed by atoms with Crippen molar-refractivity contribution in [1.82, 2.24) is 14.4 Å². The van der Waals surface area contributed by atoms with Crippen LogP contribution < -0.4 is 16.0 Å². The van der Waals surface area contributed by atoms with Crippen LogP contribution in [0.15, 0.2) is 41.2 Å². The molecule has 0 unspecified atom stereocenters. The van der Waals surface area contributed by atoms with Crippen molar-refractivity contribution in [2.75, 3.05) is 33.8 Å². The van der Waals surface area contributed by atoms with Crippen molar-refractivity contribution in [3.63, 3.8) is 0 Å². The second kappa shape index (κ2) is 8.62. The van der Waals surface area contributed by atoms with E-state index in [1.807, 2.05) is 53.9 Å². The molecule has 0 aliphatic carbocycles. The topological polar surface area (TPSA) is 80.8 Å². The summed E-state index contributed by atoms with van der Waals surface area (Å²) in [6.07, 6.45) is 1.16. The number of rotatable bonds is 7. The molecule has 2 aliphatic heterocycles. The van der Waals surface area contributed by atoms with Crippen molar-refractivity contribution in [1.29, 1.82) is 0 Å². The minimum Gasteiger partial charge on any atom is -0.484 e. The Morgan fingerprint density at radius 3 is 2.60 bits per heavy atom. The van der Waals surface area contributed by atoms with Crippen molar-refractivity contribution in [3.8, 4) is 5.75 Å². The highest BCUT2D eigenvalue weighted by Crippen LogP contribution is 2.35. The highest BCUT2D eigenvalue weighted by molar-refractivity contribution is 5.75. The van der Waals surface area contributed by atoms with Gasteiger partial charge in [0.15, 0.2) is 6.61 Å². The van der Waals surface area contributed by atoms with Crippen LogP contribution >= 0.6 is 0 Å². The molecule has 160 valence electrons. The molecule has 7 nitrogen and oxygen atoms in total. The van der Waals surface area contributed by atoms with E-state index in [1.165, 1.54) is 11.3 Å². The van der Waals surface area contributed by atoms with E-state index >= 15 is 0 Å². The number of ether oxygens (including phenoxy) is 1. The first kappa shape index (κ1) is 20.6. The number of carbonyl (C=O) groups excluding carboxylic acids is 1. The van der Waals surface area contributed by atoms with Crippen molar-refractivity contribution in [3.05, 3.63) is 63.6 Å². The first-order valence-electron chi connectivity index (χ1n) is 10.5. The monoisotopic (exact) mass is 410 g/mol. The Labute approximate surface area is 177 Å². The molecule has 1 aromatic heterocycles. The average Bonchev–Trinajstić information content (AvgIpc) is 2.69. The predicted molar refractivity (Wildman–Crippen MR) is 115 cm³/mol. The van der Waals surface area contributed by atoms with E-state index in [0.29, 0.717) is 24.1 Å². The molecule has 2 aromatic rings. The van der Waals surface area contributed by atoms with Crippen molar-refractivity contribution >= 4 is 5.91 Å². The summed E-state index contributed by atoms with van der Waals surface area (Å²) >= 11 is 0. The second-order valence-electron chi connectivity index (χ2n) is 8.83. The third-order valence-electron chi connectivity index (χ3n) is 5.96. The lowest BCUT2D eigenvalue weighted by atomic mass is 9.83. The molecule has 2 N–H and O–H groups in total. The van der Waals surface area contributed by atoms with Gasteiger partial charge in [0.05, 0.1) is 0 Å². The van der Waals surface area contributed by atoms with E-state index in [-0.39, 0.29) is 12.2 Å². The Hall–Kier alpha value is -2.64. The highest BCUT2D eigenvalue weighted by Gasteiger charge is 2.34. The standard InChI is InChI=1S/C23H30N4O3/c1-25(2)13-18-5-8-21-19-9-17(12-27(21)23(18)29)11-26(14-19)10-16-3-6-20(7-4-16)30-15-22(24)28/h3-8,17,19H,9-15H2,1-2H3,(H2,24,28)/t17-,19+/m0/s1. The van der Waals surface area contributed by atoms with Gasteiger partial charge in [-0.25, -0.2) is 0 Å². The lowest BCUT2D eigenvalue weighted by Gasteiger charge is -2.43. The molecular formula is C23H30N4O3. The van der Waals surface area contributed by atoms with Crippen molar-refractivity contribution < 1.29 is 9.53 Å². The Morgan fingerprint density at radius 1 is 1.13 bits per heavy atom. The molecule has 1 amide bonds. The number of piperidine rings is 1. The Bertz CT molecular complexity index is 967. The van der Waals surface area contributed by atoms with Gasteiger partial charge in [-0.05, 0) is 50.2 Å². The molecule has 7 heteroatoms. The van der Waals surface area contributed by atoms with Crippen LogP contribution in [0, 0.1) is 5.92 Å². The van der Waals surface area contributed by atoms with Gasteiger partial charge in [-0.15, -0.1) is 0 Å². The van der Waals surface area contributed by atoms with Gasteiger partial charge < -0.3 is 19.9 Å². The number of carbonyl (C=O) groups is 1. The molecule has 0 spiro atoms. The predicted octanol–water partition coefficient (Wildman–Crippen LogP) is 1.39. The minimum absolute atomic E-state index is 0.107. The average molecular weight is 411 g/mol. The Balaban J connectivity index is 1.44. The fourth-order valence-electron chi connectivity index (χ4n) is 4.78. The number of likely N-dealkylation sites (tertiary alicyclic amines) is 1. The number of pyridine rings is 1. The van der Waals surface area contributed by atoms with E-state index < -0.39 is 5.91 Å².